The Labute approximate surface area is 199 Å². The summed E-state index contributed by atoms with van der Waals surface area (Å²) in [6.45, 7) is -0.337. The molecule has 2 saturated carbocycles. The summed E-state index contributed by atoms with van der Waals surface area (Å²) in [6.07, 6.45) is 0.212. The van der Waals surface area contributed by atoms with Crippen molar-refractivity contribution in [3.8, 4) is 0 Å². The number of fused-ring (bicyclic) bond motifs is 2. The van der Waals surface area contributed by atoms with Gasteiger partial charge in [-0.05, 0) is 56.0 Å². The largest absolute Gasteiger partial charge is 0.467 e. The molecule has 1 N–H and O–H groups in total. The summed E-state index contributed by atoms with van der Waals surface area (Å²) in [7, 11) is 0. The molecule has 10 heteroatoms. The van der Waals surface area contributed by atoms with Crippen molar-refractivity contribution >= 4 is 34.9 Å². The van der Waals surface area contributed by atoms with Gasteiger partial charge in [0, 0.05) is 23.4 Å². The van der Waals surface area contributed by atoms with E-state index in [2.05, 4.69) is 5.32 Å². The van der Waals surface area contributed by atoms with Crippen molar-refractivity contribution in [2.45, 2.75) is 44.8 Å². The Bertz CT molecular complexity index is 1050. The Morgan fingerprint density at radius 3 is 2.47 bits per heavy atom. The molecular weight excluding hydrogens is 473 g/mol. The summed E-state index contributed by atoms with van der Waals surface area (Å²) in [5, 5.41) is 1.95. The van der Waals surface area contributed by atoms with Crippen LogP contribution in [0.5, 0.6) is 0 Å². The van der Waals surface area contributed by atoms with Gasteiger partial charge in [0.2, 0.25) is 11.8 Å². The molecule has 0 aliphatic heterocycles. The summed E-state index contributed by atoms with van der Waals surface area (Å²) in [6, 6.07) is 6.42. The van der Waals surface area contributed by atoms with Crippen molar-refractivity contribution in [3.05, 3.63) is 52.9 Å². The van der Waals surface area contributed by atoms with Crippen molar-refractivity contribution in [1.82, 2.24) is 4.90 Å². The monoisotopic (exact) mass is 496 g/mol. The highest BCUT2D eigenvalue weighted by Crippen LogP contribution is 2.41. The zero-order valence-electron chi connectivity index (χ0n) is 18.2. The molecule has 0 radical (unpaired) electrons. The number of Topliss-reactive ketones (excluding diaryl/α,β-unsaturated/α-hetero) is 1. The van der Waals surface area contributed by atoms with Crippen LogP contribution in [-0.2, 0) is 27.1 Å². The number of carbonyl (C=O) groups is 3. The number of halogens is 4. The van der Waals surface area contributed by atoms with Crippen molar-refractivity contribution in [1.29, 1.82) is 0 Å². The number of hydrogen-bond acceptors (Lipinski definition) is 4. The van der Waals surface area contributed by atoms with Crippen LogP contribution in [0.3, 0.4) is 0 Å². The summed E-state index contributed by atoms with van der Waals surface area (Å²) >= 11 is 5.64. The molecule has 1 unspecified atom stereocenters. The van der Waals surface area contributed by atoms with Gasteiger partial charge in [-0.2, -0.15) is 13.2 Å². The van der Waals surface area contributed by atoms with Gasteiger partial charge in [-0.3, -0.25) is 14.4 Å². The molecule has 3 atom stereocenters. The predicted molar refractivity (Wildman–Crippen MR) is 118 cm³/mol. The number of nitrogens with zero attached hydrogens (tertiary/aromatic N) is 1. The SMILES string of the molecule is O=C(CN(Cc1ccco1)C(=O)C1C[C@H]2CCC[C@@H](C1)C2=O)Nc1ccc(Cl)c(C(F)(F)F)c1. The van der Waals surface area contributed by atoms with E-state index in [-0.39, 0.29) is 48.2 Å². The summed E-state index contributed by atoms with van der Waals surface area (Å²) in [4.78, 5) is 39.9. The second-order valence-corrected chi connectivity index (χ2v) is 9.32. The molecule has 4 rings (SSSR count). The van der Waals surface area contributed by atoms with Gasteiger partial charge in [-0.25, -0.2) is 0 Å². The topological polar surface area (TPSA) is 79.6 Å². The summed E-state index contributed by atoms with van der Waals surface area (Å²) in [5.41, 5.74) is -1.14. The molecule has 2 aliphatic carbocycles. The lowest BCUT2D eigenvalue weighted by Gasteiger charge is -2.38. The lowest BCUT2D eigenvalue weighted by Crippen LogP contribution is -2.46. The average molecular weight is 497 g/mol. The van der Waals surface area contributed by atoms with Crippen LogP contribution in [0, 0.1) is 17.8 Å². The summed E-state index contributed by atoms with van der Waals surface area (Å²) in [5.74, 6) is -0.854. The number of anilines is 1. The van der Waals surface area contributed by atoms with E-state index in [1.54, 1.807) is 12.1 Å². The molecule has 1 heterocycles. The van der Waals surface area contributed by atoms with E-state index < -0.39 is 22.7 Å². The standard InChI is InChI=1S/C24H24ClF3N2O4/c25-20-7-6-17(11-19(20)24(26,27)28)29-21(31)13-30(12-18-5-2-8-34-18)23(33)16-9-14-3-1-4-15(10-16)22(14)32/h2,5-8,11,14-16H,1,3-4,9-10,12-13H2,(H,29,31)/t14-,15+,16?. The van der Waals surface area contributed by atoms with Crippen LogP contribution in [0.15, 0.2) is 41.0 Å². The first-order chi connectivity index (χ1) is 16.1. The molecular formula is C24H24ClF3N2O4. The quantitative estimate of drug-likeness (QED) is 0.587. The molecule has 1 aromatic heterocycles. The first kappa shape index (κ1) is 24.3. The van der Waals surface area contributed by atoms with Crippen LogP contribution < -0.4 is 5.32 Å². The fourth-order valence-corrected chi connectivity index (χ4v) is 5.16. The second kappa shape index (κ2) is 9.82. The van der Waals surface area contributed by atoms with Crippen molar-refractivity contribution in [3.63, 3.8) is 0 Å². The predicted octanol–water partition coefficient (Wildman–Crippen LogP) is 5.31. The average Bonchev–Trinajstić information content (AvgIpc) is 3.26. The second-order valence-electron chi connectivity index (χ2n) is 8.91. The highest BCUT2D eigenvalue weighted by molar-refractivity contribution is 6.31. The van der Waals surface area contributed by atoms with Gasteiger partial charge in [0.05, 0.1) is 23.4 Å². The number of alkyl halides is 3. The molecule has 2 amide bonds. The first-order valence-electron chi connectivity index (χ1n) is 11.1. The lowest BCUT2D eigenvalue weighted by atomic mass is 9.67. The number of amides is 2. The van der Waals surface area contributed by atoms with Crippen LogP contribution in [0.1, 0.15) is 43.4 Å². The highest BCUT2D eigenvalue weighted by atomic mass is 35.5. The smallest absolute Gasteiger partial charge is 0.417 e. The fourth-order valence-electron chi connectivity index (χ4n) is 4.94. The minimum Gasteiger partial charge on any atom is -0.467 e. The molecule has 6 nitrogen and oxygen atoms in total. The number of carbonyl (C=O) groups excluding carboxylic acids is 3. The normalized spacial score (nSPS) is 22.4. The zero-order valence-corrected chi connectivity index (χ0v) is 19.0. The number of furan rings is 1. The molecule has 1 aromatic carbocycles. The van der Waals surface area contributed by atoms with Crippen molar-refractivity contribution in [2.24, 2.45) is 17.8 Å². The van der Waals surface area contributed by atoms with E-state index in [0.717, 1.165) is 31.4 Å². The molecule has 2 aromatic rings. The first-order valence-corrected chi connectivity index (χ1v) is 11.5. The van der Waals surface area contributed by atoms with E-state index >= 15 is 0 Å². The molecule has 2 fully saturated rings. The van der Waals surface area contributed by atoms with Crippen LogP contribution >= 0.6 is 11.6 Å². The molecule has 34 heavy (non-hydrogen) atoms. The van der Waals surface area contributed by atoms with Gasteiger partial charge < -0.3 is 14.6 Å². The maximum atomic E-state index is 13.4. The third-order valence-electron chi connectivity index (χ3n) is 6.53. The van der Waals surface area contributed by atoms with Crippen LogP contribution in [0.25, 0.3) is 0 Å². The molecule has 0 spiro atoms. The Balaban J connectivity index is 1.49. The molecule has 2 aliphatic rings. The van der Waals surface area contributed by atoms with Crippen LogP contribution in [0.4, 0.5) is 18.9 Å². The maximum Gasteiger partial charge on any atom is 0.417 e. The Kier molecular flexibility index (Phi) is 7.02. The van der Waals surface area contributed by atoms with Gasteiger partial charge in [0.1, 0.15) is 18.1 Å². The lowest BCUT2D eigenvalue weighted by molar-refractivity contribution is -0.145. The number of ketones is 1. The number of hydrogen-bond donors (Lipinski definition) is 1. The maximum absolute atomic E-state index is 13.4. The van der Waals surface area contributed by atoms with Crippen LogP contribution in [-0.4, -0.2) is 29.0 Å². The van der Waals surface area contributed by atoms with E-state index in [0.29, 0.717) is 18.6 Å². The van der Waals surface area contributed by atoms with E-state index in [4.69, 9.17) is 16.0 Å². The van der Waals surface area contributed by atoms with Gasteiger partial charge >= 0.3 is 6.18 Å². The van der Waals surface area contributed by atoms with Gasteiger partial charge in [-0.15, -0.1) is 0 Å². The van der Waals surface area contributed by atoms with E-state index in [9.17, 15) is 27.6 Å². The van der Waals surface area contributed by atoms with Gasteiger partial charge in [0.25, 0.3) is 0 Å². The molecule has 182 valence electrons. The Hall–Kier alpha value is -2.81. The molecule has 0 saturated heterocycles. The van der Waals surface area contributed by atoms with Crippen molar-refractivity contribution < 1.29 is 32.0 Å². The highest BCUT2D eigenvalue weighted by Gasteiger charge is 2.42. The third-order valence-corrected chi connectivity index (χ3v) is 6.86. The van der Waals surface area contributed by atoms with Gasteiger partial charge in [-0.1, -0.05) is 18.0 Å². The van der Waals surface area contributed by atoms with Crippen LogP contribution in [0.2, 0.25) is 5.02 Å². The molecule has 2 bridgehead atoms. The summed E-state index contributed by atoms with van der Waals surface area (Å²) < 4.78 is 44.8. The van der Waals surface area contributed by atoms with E-state index in [1.165, 1.54) is 17.2 Å². The third kappa shape index (κ3) is 5.46. The Morgan fingerprint density at radius 2 is 1.85 bits per heavy atom. The zero-order chi connectivity index (χ0) is 24.5. The number of benzene rings is 1. The number of rotatable bonds is 6. The van der Waals surface area contributed by atoms with E-state index in [1.807, 2.05) is 0 Å². The van der Waals surface area contributed by atoms with Gasteiger partial charge in [0.15, 0.2) is 0 Å². The van der Waals surface area contributed by atoms with Crippen molar-refractivity contribution in [2.75, 3.05) is 11.9 Å². The minimum atomic E-state index is -4.67. The number of nitrogens with one attached hydrogen (secondary N) is 1. The minimum absolute atomic E-state index is 0.0352. The fraction of sp³-hybridized carbons (Fsp3) is 0.458. The Morgan fingerprint density at radius 1 is 1.15 bits per heavy atom.